The van der Waals surface area contributed by atoms with Gasteiger partial charge in [-0.2, -0.15) is 0 Å². The van der Waals surface area contributed by atoms with Crippen molar-refractivity contribution in [3.05, 3.63) is 41.4 Å². The minimum absolute atomic E-state index is 0.0758. The number of ketones is 1. The van der Waals surface area contributed by atoms with Crippen LogP contribution in [0.1, 0.15) is 23.2 Å². The Balaban J connectivity index is 1.50. The highest BCUT2D eigenvalue weighted by atomic mass is 32.2. The second-order valence-electron chi connectivity index (χ2n) is 4.84. The number of thiazole rings is 1. The normalized spacial score (nSPS) is 13.9. The summed E-state index contributed by atoms with van der Waals surface area (Å²) in [7, 11) is 0. The molecule has 1 saturated carbocycles. The number of carbonyl (C=O) groups is 2. The topological polar surface area (TPSA) is 59.1 Å². The minimum atomic E-state index is -0.0758. The molecule has 0 bridgehead atoms. The van der Waals surface area contributed by atoms with Gasteiger partial charge < -0.3 is 5.32 Å². The Labute approximate surface area is 131 Å². The third kappa shape index (κ3) is 3.92. The van der Waals surface area contributed by atoms with Gasteiger partial charge in [-0.3, -0.25) is 9.59 Å². The standard InChI is InChI=1S/C15H14N2O2S2/c18-13(17-15-16-7-8-20-15)9-21-12-5-3-11(4-6-12)14(19)10-1-2-10/h3-8,10H,1-2,9H2,(H,16,17,18). The first-order chi connectivity index (χ1) is 10.2. The van der Waals surface area contributed by atoms with E-state index in [0.717, 1.165) is 23.3 Å². The number of hydrogen-bond donors (Lipinski definition) is 1. The molecule has 4 nitrogen and oxygen atoms in total. The first-order valence-electron chi connectivity index (χ1n) is 6.69. The first-order valence-corrected chi connectivity index (χ1v) is 8.55. The Morgan fingerprint density at radius 1 is 1.29 bits per heavy atom. The van der Waals surface area contributed by atoms with E-state index in [2.05, 4.69) is 10.3 Å². The fourth-order valence-corrected chi connectivity index (χ4v) is 3.13. The maximum atomic E-state index is 11.9. The van der Waals surface area contributed by atoms with Crippen LogP contribution in [0, 0.1) is 5.92 Å². The number of aromatic nitrogens is 1. The lowest BCUT2D eigenvalue weighted by atomic mass is 10.1. The van der Waals surface area contributed by atoms with Crippen LogP contribution >= 0.6 is 23.1 Å². The van der Waals surface area contributed by atoms with Gasteiger partial charge in [0.15, 0.2) is 10.9 Å². The summed E-state index contributed by atoms with van der Waals surface area (Å²) in [4.78, 5) is 28.6. The van der Waals surface area contributed by atoms with Crippen LogP contribution in [-0.4, -0.2) is 22.4 Å². The average molecular weight is 318 g/mol. The molecule has 1 aliphatic carbocycles. The molecule has 21 heavy (non-hydrogen) atoms. The van der Waals surface area contributed by atoms with E-state index in [4.69, 9.17) is 0 Å². The molecule has 1 amide bonds. The molecule has 1 fully saturated rings. The lowest BCUT2D eigenvalue weighted by Gasteiger charge is -2.03. The molecule has 0 aliphatic heterocycles. The molecule has 6 heteroatoms. The van der Waals surface area contributed by atoms with Crippen molar-refractivity contribution in [3.8, 4) is 0 Å². The summed E-state index contributed by atoms with van der Waals surface area (Å²) in [5.74, 6) is 0.740. The van der Waals surface area contributed by atoms with Crippen LogP contribution in [0.2, 0.25) is 0 Å². The molecule has 1 heterocycles. The van der Waals surface area contributed by atoms with Gasteiger partial charge in [0.25, 0.3) is 0 Å². The van der Waals surface area contributed by atoms with Crippen LogP contribution in [0.25, 0.3) is 0 Å². The SMILES string of the molecule is O=C(CSc1ccc(C(=O)C2CC2)cc1)Nc1nccs1. The van der Waals surface area contributed by atoms with Gasteiger partial charge in [0.2, 0.25) is 5.91 Å². The number of nitrogens with zero attached hydrogens (tertiary/aromatic N) is 1. The van der Waals surface area contributed by atoms with Crippen molar-refractivity contribution in [2.45, 2.75) is 17.7 Å². The molecule has 0 atom stereocenters. The molecule has 1 aliphatic rings. The Hall–Kier alpha value is -1.66. The average Bonchev–Trinajstić information content (AvgIpc) is 3.23. The lowest BCUT2D eigenvalue weighted by molar-refractivity contribution is -0.113. The smallest absolute Gasteiger partial charge is 0.236 e. The number of rotatable bonds is 6. The predicted octanol–water partition coefficient (Wildman–Crippen LogP) is 3.47. The molecule has 0 spiro atoms. The molecule has 3 rings (SSSR count). The predicted molar refractivity (Wildman–Crippen MR) is 85.0 cm³/mol. The molecule has 2 aromatic rings. The number of amides is 1. The number of carbonyl (C=O) groups excluding carboxylic acids is 2. The van der Waals surface area contributed by atoms with Gasteiger partial charge in [-0.25, -0.2) is 4.98 Å². The van der Waals surface area contributed by atoms with E-state index in [1.807, 2.05) is 29.6 Å². The molecule has 1 aromatic carbocycles. The summed E-state index contributed by atoms with van der Waals surface area (Å²) in [6, 6.07) is 7.50. The number of nitrogens with one attached hydrogen (secondary N) is 1. The Morgan fingerprint density at radius 3 is 2.67 bits per heavy atom. The largest absolute Gasteiger partial charge is 0.301 e. The molecular formula is C15H14N2O2S2. The molecule has 108 valence electrons. The van der Waals surface area contributed by atoms with E-state index in [0.29, 0.717) is 10.9 Å². The quantitative estimate of drug-likeness (QED) is 0.654. The van der Waals surface area contributed by atoms with Crippen molar-refractivity contribution in [2.24, 2.45) is 5.92 Å². The number of thioether (sulfide) groups is 1. The summed E-state index contributed by atoms with van der Waals surface area (Å²) in [6.07, 6.45) is 3.70. The minimum Gasteiger partial charge on any atom is -0.301 e. The maximum Gasteiger partial charge on any atom is 0.236 e. The van der Waals surface area contributed by atoms with Crippen LogP contribution in [0.5, 0.6) is 0 Å². The van der Waals surface area contributed by atoms with Gasteiger partial charge in [-0.1, -0.05) is 12.1 Å². The summed E-state index contributed by atoms with van der Waals surface area (Å²) in [6.45, 7) is 0. The molecular weight excluding hydrogens is 304 g/mol. The fourth-order valence-electron chi connectivity index (χ4n) is 1.89. The van der Waals surface area contributed by atoms with Gasteiger partial charge >= 0.3 is 0 Å². The molecule has 0 radical (unpaired) electrons. The molecule has 0 saturated heterocycles. The monoisotopic (exact) mass is 318 g/mol. The highest BCUT2D eigenvalue weighted by Gasteiger charge is 2.30. The Morgan fingerprint density at radius 2 is 2.05 bits per heavy atom. The number of Topliss-reactive ketones (excluding diaryl/α,β-unsaturated/α-hetero) is 1. The van der Waals surface area contributed by atoms with Gasteiger partial charge in [-0.05, 0) is 25.0 Å². The van der Waals surface area contributed by atoms with E-state index < -0.39 is 0 Å². The third-order valence-electron chi connectivity index (χ3n) is 3.14. The van der Waals surface area contributed by atoms with Crippen LogP contribution in [0.15, 0.2) is 40.7 Å². The maximum absolute atomic E-state index is 11.9. The van der Waals surface area contributed by atoms with Crippen molar-refractivity contribution in [1.29, 1.82) is 0 Å². The van der Waals surface area contributed by atoms with Crippen molar-refractivity contribution in [1.82, 2.24) is 4.98 Å². The van der Waals surface area contributed by atoms with E-state index >= 15 is 0 Å². The zero-order valence-electron chi connectivity index (χ0n) is 11.2. The number of hydrogen-bond acceptors (Lipinski definition) is 5. The molecule has 0 unspecified atom stereocenters. The second kappa shape index (κ2) is 6.41. The Kier molecular flexibility index (Phi) is 4.36. The molecule has 1 aromatic heterocycles. The number of anilines is 1. The van der Waals surface area contributed by atoms with E-state index in [9.17, 15) is 9.59 Å². The van der Waals surface area contributed by atoms with E-state index in [1.54, 1.807) is 6.20 Å². The van der Waals surface area contributed by atoms with Crippen molar-refractivity contribution in [3.63, 3.8) is 0 Å². The summed E-state index contributed by atoms with van der Waals surface area (Å²) in [5.41, 5.74) is 0.772. The van der Waals surface area contributed by atoms with Crippen molar-refractivity contribution < 1.29 is 9.59 Å². The second-order valence-corrected chi connectivity index (χ2v) is 6.78. The summed E-state index contributed by atoms with van der Waals surface area (Å²) >= 11 is 2.85. The Bertz CT molecular complexity index is 634. The highest BCUT2D eigenvalue weighted by molar-refractivity contribution is 8.00. The first kappa shape index (κ1) is 14.3. The van der Waals surface area contributed by atoms with Crippen molar-refractivity contribution >= 4 is 39.9 Å². The summed E-state index contributed by atoms with van der Waals surface area (Å²) in [5, 5.41) is 5.17. The van der Waals surface area contributed by atoms with Crippen LogP contribution in [0.4, 0.5) is 5.13 Å². The fraction of sp³-hybridized carbons (Fsp3) is 0.267. The van der Waals surface area contributed by atoms with E-state index in [-0.39, 0.29) is 17.6 Å². The lowest BCUT2D eigenvalue weighted by Crippen LogP contribution is -2.13. The van der Waals surface area contributed by atoms with Gasteiger partial charge in [0.05, 0.1) is 5.75 Å². The van der Waals surface area contributed by atoms with Gasteiger partial charge in [0, 0.05) is 28.0 Å². The summed E-state index contributed by atoms with van der Waals surface area (Å²) < 4.78 is 0. The van der Waals surface area contributed by atoms with Crippen molar-refractivity contribution in [2.75, 3.05) is 11.1 Å². The van der Waals surface area contributed by atoms with Gasteiger partial charge in [0.1, 0.15) is 0 Å². The van der Waals surface area contributed by atoms with Crippen LogP contribution < -0.4 is 5.32 Å². The number of benzene rings is 1. The zero-order valence-corrected chi connectivity index (χ0v) is 12.9. The molecule has 1 N–H and O–H groups in total. The van der Waals surface area contributed by atoms with E-state index in [1.165, 1.54) is 23.1 Å². The third-order valence-corrected chi connectivity index (χ3v) is 4.84. The zero-order chi connectivity index (χ0) is 14.7. The van der Waals surface area contributed by atoms with Crippen LogP contribution in [-0.2, 0) is 4.79 Å². The van der Waals surface area contributed by atoms with Gasteiger partial charge in [-0.15, -0.1) is 23.1 Å². The highest BCUT2D eigenvalue weighted by Crippen LogP contribution is 2.33. The van der Waals surface area contributed by atoms with Crippen LogP contribution in [0.3, 0.4) is 0 Å².